The molecule has 1 aliphatic heterocycles. The molecule has 1 aliphatic rings. The number of hydrogen-bond acceptors (Lipinski definition) is 3. The predicted octanol–water partition coefficient (Wildman–Crippen LogP) is 1.51. The van der Waals surface area contributed by atoms with Gasteiger partial charge in [-0.2, -0.15) is 0 Å². The van der Waals surface area contributed by atoms with Crippen molar-refractivity contribution in [3.05, 3.63) is 29.8 Å². The molecule has 1 heterocycles. The summed E-state index contributed by atoms with van der Waals surface area (Å²) >= 11 is 0. The number of carbonyl (C=O) groups is 2. The van der Waals surface area contributed by atoms with E-state index < -0.39 is 0 Å². The average Bonchev–Trinajstić information content (AvgIpc) is 2.33. The zero-order valence-electron chi connectivity index (χ0n) is 12.6. The van der Waals surface area contributed by atoms with E-state index in [-0.39, 0.29) is 17.7 Å². The van der Waals surface area contributed by atoms with Gasteiger partial charge in [-0.25, -0.2) is 0 Å². The molecule has 21 heavy (non-hydrogen) atoms. The first-order valence-electron chi connectivity index (χ1n) is 7.42. The second-order valence-electron chi connectivity index (χ2n) is 5.92. The van der Waals surface area contributed by atoms with Gasteiger partial charge in [0.2, 0.25) is 11.8 Å². The van der Waals surface area contributed by atoms with Gasteiger partial charge < -0.3 is 16.0 Å². The van der Waals surface area contributed by atoms with Crippen LogP contribution in [0.5, 0.6) is 0 Å². The number of rotatable bonds is 6. The van der Waals surface area contributed by atoms with Gasteiger partial charge in [0.25, 0.3) is 0 Å². The van der Waals surface area contributed by atoms with Gasteiger partial charge in [-0.05, 0) is 23.6 Å². The SMILES string of the molecule is CC(C)CC(=O)Nc1cccc(CNC(=O)C2CNC2)c1. The average molecular weight is 289 g/mol. The van der Waals surface area contributed by atoms with Crippen molar-refractivity contribution in [1.29, 1.82) is 0 Å². The summed E-state index contributed by atoms with van der Waals surface area (Å²) in [5.74, 6) is 0.539. The van der Waals surface area contributed by atoms with Crippen LogP contribution < -0.4 is 16.0 Å². The summed E-state index contributed by atoms with van der Waals surface area (Å²) in [6, 6.07) is 7.59. The van der Waals surface area contributed by atoms with Gasteiger partial charge in [-0.3, -0.25) is 9.59 Å². The van der Waals surface area contributed by atoms with Crippen molar-refractivity contribution >= 4 is 17.5 Å². The smallest absolute Gasteiger partial charge is 0.225 e. The first-order chi connectivity index (χ1) is 10.0. The molecule has 1 aromatic rings. The molecule has 0 aliphatic carbocycles. The van der Waals surface area contributed by atoms with Crippen LogP contribution >= 0.6 is 0 Å². The molecule has 3 N–H and O–H groups in total. The highest BCUT2D eigenvalue weighted by Gasteiger charge is 2.24. The quantitative estimate of drug-likeness (QED) is 0.743. The third kappa shape index (κ3) is 4.86. The van der Waals surface area contributed by atoms with Crippen molar-refractivity contribution < 1.29 is 9.59 Å². The summed E-state index contributed by atoms with van der Waals surface area (Å²) in [4.78, 5) is 23.5. The van der Waals surface area contributed by atoms with E-state index in [0.29, 0.717) is 18.9 Å². The Morgan fingerprint density at radius 1 is 1.33 bits per heavy atom. The van der Waals surface area contributed by atoms with E-state index in [2.05, 4.69) is 16.0 Å². The lowest BCUT2D eigenvalue weighted by atomic mass is 10.0. The summed E-state index contributed by atoms with van der Waals surface area (Å²) in [6.45, 7) is 6.04. The molecule has 1 saturated heterocycles. The van der Waals surface area contributed by atoms with Crippen LogP contribution in [0.4, 0.5) is 5.69 Å². The van der Waals surface area contributed by atoms with Crippen molar-refractivity contribution in [2.45, 2.75) is 26.8 Å². The largest absolute Gasteiger partial charge is 0.352 e. The van der Waals surface area contributed by atoms with Crippen LogP contribution in [0, 0.1) is 11.8 Å². The minimum atomic E-state index is 0.0201. The molecule has 0 atom stereocenters. The molecule has 0 saturated carbocycles. The molecule has 2 rings (SSSR count). The number of amides is 2. The van der Waals surface area contributed by atoms with Crippen molar-refractivity contribution in [3.63, 3.8) is 0 Å². The predicted molar refractivity (Wildman–Crippen MR) is 82.7 cm³/mol. The summed E-state index contributed by atoms with van der Waals surface area (Å²) in [7, 11) is 0. The van der Waals surface area contributed by atoms with Gasteiger partial charge in [0.1, 0.15) is 0 Å². The Balaban J connectivity index is 1.85. The van der Waals surface area contributed by atoms with Crippen LogP contribution in [0.2, 0.25) is 0 Å². The molecular weight excluding hydrogens is 266 g/mol. The van der Waals surface area contributed by atoms with E-state index in [1.807, 2.05) is 38.1 Å². The minimum Gasteiger partial charge on any atom is -0.352 e. The zero-order valence-corrected chi connectivity index (χ0v) is 12.6. The molecule has 0 bridgehead atoms. The fourth-order valence-corrected chi connectivity index (χ4v) is 2.15. The molecule has 0 aromatic heterocycles. The molecule has 0 unspecified atom stereocenters. The van der Waals surface area contributed by atoms with Crippen molar-refractivity contribution in [2.75, 3.05) is 18.4 Å². The molecule has 0 spiro atoms. The maximum atomic E-state index is 11.8. The Labute approximate surface area is 125 Å². The number of nitrogens with one attached hydrogen (secondary N) is 3. The summed E-state index contributed by atoms with van der Waals surface area (Å²) < 4.78 is 0. The molecule has 0 radical (unpaired) electrons. The number of carbonyl (C=O) groups excluding carboxylic acids is 2. The highest BCUT2D eigenvalue weighted by Crippen LogP contribution is 2.12. The first kappa shape index (κ1) is 15.5. The molecule has 2 amide bonds. The fraction of sp³-hybridized carbons (Fsp3) is 0.500. The van der Waals surface area contributed by atoms with E-state index in [0.717, 1.165) is 24.3 Å². The van der Waals surface area contributed by atoms with Crippen LogP contribution in [0.1, 0.15) is 25.8 Å². The van der Waals surface area contributed by atoms with Crippen LogP contribution in [0.15, 0.2) is 24.3 Å². The van der Waals surface area contributed by atoms with Crippen LogP contribution in [-0.4, -0.2) is 24.9 Å². The lowest BCUT2D eigenvalue weighted by molar-refractivity contribution is -0.126. The number of benzene rings is 1. The third-order valence-corrected chi connectivity index (χ3v) is 3.42. The lowest BCUT2D eigenvalue weighted by Gasteiger charge is -2.25. The van der Waals surface area contributed by atoms with Crippen molar-refractivity contribution in [1.82, 2.24) is 10.6 Å². The molecule has 1 fully saturated rings. The van der Waals surface area contributed by atoms with E-state index >= 15 is 0 Å². The molecule has 1 aromatic carbocycles. The van der Waals surface area contributed by atoms with Crippen LogP contribution in [0.3, 0.4) is 0 Å². The van der Waals surface area contributed by atoms with Crippen molar-refractivity contribution in [2.24, 2.45) is 11.8 Å². The van der Waals surface area contributed by atoms with Gasteiger partial charge in [0.05, 0.1) is 5.92 Å². The lowest BCUT2D eigenvalue weighted by Crippen LogP contribution is -2.50. The van der Waals surface area contributed by atoms with Gasteiger partial charge in [0.15, 0.2) is 0 Å². The zero-order chi connectivity index (χ0) is 15.2. The van der Waals surface area contributed by atoms with E-state index in [9.17, 15) is 9.59 Å². The molecule has 5 heteroatoms. The summed E-state index contributed by atoms with van der Waals surface area (Å²) in [6.07, 6.45) is 0.510. The van der Waals surface area contributed by atoms with E-state index in [4.69, 9.17) is 0 Å². The summed E-state index contributed by atoms with van der Waals surface area (Å²) in [5, 5.41) is 8.88. The second kappa shape index (κ2) is 7.22. The number of hydrogen-bond donors (Lipinski definition) is 3. The normalized spacial score (nSPS) is 14.6. The monoisotopic (exact) mass is 289 g/mol. The van der Waals surface area contributed by atoms with Crippen LogP contribution in [0.25, 0.3) is 0 Å². The Morgan fingerprint density at radius 3 is 2.71 bits per heavy atom. The Kier molecular flexibility index (Phi) is 5.33. The maximum Gasteiger partial charge on any atom is 0.225 e. The van der Waals surface area contributed by atoms with Gasteiger partial charge in [0, 0.05) is 31.7 Å². The molecule has 5 nitrogen and oxygen atoms in total. The standard InChI is InChI=1S/C16H23N3O2/c1-11(2)6-15(20)19-14-5-3-4-12(7-14)8-18-16(21)13-9-17-10-13/h3-5,7,11,13,17H,6,8-10H2,1-2H3,(H,18,21)(H,19,20). The maximum absolute atomic E-state index is 11.8. The Hall–Kier alpha value is -1.88. The van der Waals surface area contributed by atoms with Gasteiger partial charge >= 0.3 is 0 Å². The highest BCUT2D eigenvalue weighted by molar-refractivity contribution is 5.90. The second-order valence-corrected chi connectivity index (χ2v) is 5.92. The fourth-order valence-electron chi connectivity index (χ4n) is 2.15. The topological polar surface area (TPSA) is 70.2 Å². The van der Waals surface area contributed by atoms with E-state index in [1.165, 1.54) is 0 Å². The summed E-state index contributed by atoms with van der Waals surface area (Å²) in [5.41, 5.74) is 1.76. The van der Waals surface area contributed by atoms with Gasteiger partial charge in [-0.15, -0.1) is 0 Å². The minimum absolute atomic E-state index is 0.0201. The molecule has 114 valence electrons. The number of anilines is 1. The van der Waals surface area contributed by atoms with Crippen LogP contribution in [-0.2, 0) is 16.1 Å². The molecular formula is C16H23N3O2. The van der Waals surface area contributed by atoms with E-state index in [1.54, 1.807) is 0 Å². The third-order valence-electron chi connectivity index (χ3n) is 3.42. The highest BCUT2D eigenvalue weighted by atomic mass is 16.2. The first-order valence-corrected chi connectivity index (χ1v) is 7.42. The van der Waals surface area contributed by atoms with Gasteiger partial charge in [-0.1, -0.05) is 26.0 Å². The van der Waals surface area contributed by atoms with Crippen molar-refractivity contribution in [3.8, 4) is 0 Å². The Bertz CT molecular complexity index is 510. The Morgan fingerprint density at radius 2 is 2.10 bits per heavy atom.